The van der Waals surface area contributed by atoms with E-state index in [-0.39, 0.29) is 4.58 Å². The van der Waals surface area contributed by atoms with Gasteiger partial charge in [0.05, 0.1) is 16.8 Å². The summed E-state index contributed by atoms with van der Waals surface area (Å²) in [5.41, 5.74) is 6.40. The average Bonchev–Trinajstić information content (AvgIpc) is 2.34. The standard InChI is InChI=1S/C12H15NO2S3/c13-12(16)7-1-3-8(4-2-7)18-11-5-9(14)10(15)6-17-11/h1-4,9-11,14-15H,5-6H2,(H2,13,16)/t9-,10-,11+/m1/s1. The number of nitrogens with two attached hydrogens (primary N) is 1. The molecule has 1 heterocycles. The highest BCUT2D eigenvalue weighted by atomic mass is 32.2. The Kier molecular flexibility index (Phi) is 4.91. The molecule has 0 amide bonds. The molecule has 3 nitrogen and oxygen atoms in total. The van der Waals surface area contributed by atoms with Crippen molar-refractivity contribution in [3.05, 3.63) is 29.8 Å². The molecule has 0 unspecified atom stereocenters. The van der Waals surface area contributed by atoms with Crippen LogP contribution in [-0.4, -0.2) is 37.7 Å². The highest BCUT2D eigenvalue weighted by Gasteiger charge is 2.28. The molecule has 4 N–H and O–H groups in total. The van der Waals surface area contributed by atoms with Gasteiger partial charge in [-0.25, -0.2) is 0 Å². The van der Waals surface area contributed by atoms with Crippen molar-refractivity contribution in [3.63, 3.8) is 0 Å². The fraction of sp³-hybridized carbons (Fsp3) is 0.417. The average molecular weight is 301 g/mol. The van der Waals surface area contributed by atoms with Gasteiger partial charge in [-0.2, -0.15) is 0 Å². The molecule has 18 heavy (non-hydrogen) atoms. The van der Waals surface area contributed by atoms with E-state index in [2.05, 4.69) is 0 Å². The zero-order valence-corrected chi connectivity index (χ0v) is 12.1. The van der Waals surface area contributed by atoms with Gasteiger partial charge in [-0.3, -0.25) is 0 Å². The van der Waals surface area contributed by atoms with E-state index in [9.17, 15) is 10.2 Å². The second-order valence-corrected chi connectivity index (χ2v) is 7.39. The Bertz CT molecular complexity index is 424. The Morgan fingerprint density at radius 1 is 1.28 bits per heavy atom. The van der Waals surface area contributed by atoms with Gasteiger partial charge in [0.25, 0.3) is 0 Å². The molecule has 0 aromatic heterocycles. The number of thiocarbonyl (C=S) groups is 1. The van der Waals surface area contributed by atoms with Crippen molar-refractivity contribution in [3.8, 4) is 0 Å². The van der Waals surface area contributed by atoms with Crippen LogP contribution in [0.15, 0.2) is 29.2 Å². The van der Waals surface area contributed by atoms with Crippen molar-refractivity contribution in [2.24, 2.45) is 5.73 Å². The maximum Gasteiger partial charge on any atom is 0.103 e. The number of rotatable bonds is 3. The van der Waals surface area contributed by atoms with E-state index < -0.39 is 12.2 Å². The maximum absolute atomic E-state index is 9.63. The largest absolute Gasteiger partial charge is 0.390 e. The van der Waals surface area contributed by atoms with E-state index >= 15 is 0 Å². The van der Waals surface area contributed by atoms with Gasteiger partial charge in [-0.1, -0.05) is 24.4 Å². The van der Waals surface area contributed by atoms with Crippen molar-refractivity contribution >= 4 is 40.7 Å². The summed E-state index contributed by atoms with van der Waals surface area (Å²) in [5, 5.41) is 19.1. The van der Waals surface area contributed by atoms with Gasteiger partial charge in [-0.05, 0) is 18.6 Å². The second-order valence-electron chi connectivity index (χ2n) is 4.14. The first-order valence-corrected chi connectivity index (χ1v) is 7.94. The molecule has 1 aliphatic heterocycles. The number of thioether (sulfide) groups is 2. The van der Waals surface area contributed by atoms with Crippen LogP contribution in [0.5, 0.6) is 0 Å². The molecule has 0 bridgehead atoms. The molecule has 0 spiro atoms. The van der Waals surface area contributed by atoms with Gasteiger partial charge in [0.1, 0.15) is 4.99 Å². The van der Waals surface area contributed by atoms with Crippen LogP contribution in [0, 0.1) is 0 Å². The number of hydrogen-bond donors (Lipinski definition) is 3. The number of aliphatic hydroxyl groups is 2. The summed E-state index contributed by atoms with van der Waals surface area (Å²) in [4.78, 5) is 1.52. The van der Waals surface area contributed by atoms with Crippen LogP contribution < -0.4 is 5.73 Å². The van der Waals surface area contributed by atoms with E-state index in [1.165, 1.54) is 0 Å². The summed E-state index contributed by atoms with van der Waals surface area (Å²) in [6.07, 6.45) is -0.600. The lowest BCUT2D eigenvalue weighted by Gasteiger charge is -2.29. The van der Waals surface area contributed by atoms with Crippen molar-refractivity contribution in [2.45, 2.75) is 28.1 Å². The van der Waals surface area contributed by atoms with Gasteiger partial charge >= 0.3 is 0 Å². The molecular weight excluding hydrogens is 286 g/mol. The zero-order chi connectivity index (χ0) is 13.1. The van der Waals surface area contributed by atoms with Gasteiger partial charge < -0.3 is 15.9 Å². The van der Waals surface area contributed by atoms with Crippen LogP contribution >= 0.6 is 35.7 Å². The normalized spacial score (nSPS) is 28.0. The van der Waals surface area contributed by atoms with Crippen LogP contribution in [0.2, 0.25) is 0 Å². The molecule has 98 valence electrons. The summed E-state index contributed by atoms with van der Waals surface area (Å²) in [6, 6.07) is 7.78. The highest BCUT2D eigenvalue weighted by Crippen LogP contribution is 2.38. The SMILES string of the molecule is NC(=S)c1ccc(S[C@H]2C[C@@H](O)[C@H](O)CS2)cc1. The topological polar surface area (TPSA) is 66.5 Å². The number of hydrogen-bond acceptors (Lipinski definition) is 5. The summed E-state index contributed by atoms with van der Waals surface area (Å²) >= 11 is 8.28. The minimum absolute atomic E-state index is 0.277. The summed E-state index contributed by atoms with van der Waals surface area (Å²) in [7, 11) is 0. The zero-order valence-electron chi connectivity index (χ0n) is 9.65. The first-order chi connectivity index (χ1) is 8.56. The van der Waals surface area contributed by atoms with Gasteiger partial charge in [-0.15, -0.1) is 23.5 Å². The Hall–Kier alpha value is -0.270. The quantitative estimate of drug-likeness (QED) is 0.737. The predicted molar refractivity (Wildman–Crippen MR) is 81.1 cm³/mol. The van der Waals surface area contributed by atoms with Gasteiger partial charge in [0.15, 0.2) is 0 Å². The summed E-state index contributed by atoms with van der Waals surface area (Å²) < 4.78 is 0.277. The third-order valence-electron chi connectivity index (χ3n) is 2.74. The molecule has 0 radical (unpaired) electrons. The van der Waals surface area contributed by atoms with E-state index in [0.717, 1.165) is 10.5 Å². The van der Waals surface area contributed by atoms with Crippen molar-refractivity contribution < 1.29 is 10.2 Å². The van der Waals surface area contributed by atoms with Crippen LogP contribution in [0.25, 0.3) is 0 Å². The molecule has 1 saturated heterocycles. The molecule has 3 atom stereocenters. The van der Waals surface area contributed by atoms with E-state index in [4.69, 9.17) is 18.0 Å². The molecule has 0 saturated carbocycles. The van der Waals surface area contributed by atoms with Gasteiger partial charge in [0, 0.05) is 16.2 Å². The molecule has 2 rings (SSSR count). The predicted octanol–water partition coefficient (Wildman–Crippen LogP) is 1.60. The lowest BCUT2D eigenvalue weighted by Crippen LogP contribution is -2.35. The monoisotopic (exact) mass is 301 g/mol. The van der Waals surface area contributed by atoms with Crippen molar-refractivity contribution in [1.82, 2.24) is 0 Å². The van der Waals surface area contributed by atoms with Crippen molar-refractivity contribution in [1.29, 1.82) is 0 Å². The summed E-state index contributed by atoms with van der Waals surface area (Å²) in [6.45, 7) is 0. The van der Waals surface area contributed by atoms with Crippen LogP contribution in [0.1, 0.15) is 12.0 Å². The smallest absolute Gasteiger partial charge is 0.103 e. The molecule has 6 heteroatoms. The van der Waals surface area contributed by atoms with Crippen LogP contribution in [0.4, 0.5) is 0 Å². The molecule has 1 aromatic rings. The third-order valence-corrected chi connectivity index (χ3v) is 5.77. The number of aliphatic hydroxyl groups excluding tert-OH is 2. The Labute approximate surface area is 120 Å². The summed E-state index contributed by atoms with van der Waals surface area (Å²) in [5.74, 6) is 0.587. The fourth-order valence-corrected chi connectivity index (χ4v) is 4.51. The maximum atomic E-state index is 9.63. The molecule has 1 fully saturated rings. The molecule has 1 aromatic carbocycles. The van der Waals surface area contributed by atoms with E-state index in [0.29, 0.717) is 17.2 Å². The first-order valence-electron chi connectivity index (χ1n) is 5.60. The van der Waals surface area contributed by atoms with Crippen LogP contribution in [-0.2, 0) is 0 Å². The molecular formula is C12H15NO2S3. The Morgan fingerprint density at radius 2 is 1.94 bits per heavy atom. The minimum atomic E-state index is -0.611. The fourth-order valence-electron chi connectivity index (χ4n) is 1.67. The Balaban J connectivity index is 1.95. The Morgan fingerprint density at radius 3 is 2.50 bits per heavy atom. The van der Waals surface area contributed by atoms with E-state index in [1.54, 1.807) is 23.5 Å². The van der Waals surface area contributed by atoms with Crippen LogP contribution in [0.3, 0.4) is 0 Å². The minimum Gasteiger partial charge on any atom is -0.390 e. The highest BCUT2D eigenvalue weighted by molar-refractivity contribution is 8.17. The first kappa shape index (κ1) is 14.1. The lowest BCUT2D eigenvalue weighted by molar-refractivity contribution is 0.0283. The lowest BCUT2D eigenvalue weighted by atomic mass is 10.2. The van der Waals surface area contributed by atoms with Crippen molar-refractivity contribution in [2.75, 3.05) is 5.75 Å². The second kappa shape index (κ2) is 6.25. The van der Waals surface area contributed by atoms with E-state index in [1.807, 2.05) is 24.3 Å². The van der Waals surface area contributed by atoms with Gasteiger partial charge in [0.2, 0.25) is 0 Å². The third kappa shape index (κ3) is 3.61. The molecule has 1 aliphatic rings. The number of benzene rings is 1. The molecule has 0 aliphatic carbocycles.